The van der Waals surface area contributed by atoms with Crippen LogP contribution in [0.4, 0.5) is 14.5 Å². The zero-order chi connectivity index (χ0) is 20.6. The van der Waals surface area contributed by atoms with Gasteiger partial charge in [0.1, 0.15) is 17.3 Å². The largest absolute Gasteiger partial charge is 0.586 e. The molecule has 1 amide bonds. The third-order valence-corrected chi connectivity index (χ3v) is 4.38. The van der Waals surface area contributed by atoms with Crippen molar-refractivity contribution in [2.24, 2.45) is 4.99 Å². The van der Waals surface area contributed by atoms with Crippen molar-refractivity contribution in [2.45, 2.75) is 12.8 Å². The summed E-state index contributed by atoms with van der Waals surface area (Å²) in [7, 11) is 2.99. The van der Waals surface area contributed by atoms with Crippen molar-refractivity contribution in [3.05, 3.63) is 41.5 Å². The van der Waals surface area contributed by atoms with E-state index >= 15 is 0 Å². The van der Waals surface area contributed by atoms with Crippen LogP contribution in [0.3, 0.4) is 0 Å². The molecule has 2 aliphatic rings. The molecule has 0 bridgehead atoms. The molecule has 0 aliphatic carbocycles. The first-order valence-corrected chi connectivity index (χ1v) is 8.61. The van der Waals surface area contributed by atoms with Gasteiger partial charge in [0, 0.05) is 28.9 Å². The minimum Gasteiger partial charge on any atom is -0.497 e. The molecule has 0 atom stereocenters. The number of alkyl halides is 2. The molecule has 152 valence electrons. The number of anilines is 1. The Labute approximate surface area is 164 Å². The van der Waals surface area contributed by atoms with Crippen molar-refractivity contribution in [2.75, 3.05) is 26.1 Å². The van der Waals surface area contributed by atoms with Gasteiger partial charge < -0.3 is 29.6 Å². The highest BCUT2D eigenvalue weighted by Crippen LogP contribution is 2.44. The van der Waals surface area contributed by atoms with Gasteiger partial charge in [-0.2, -0.15) is 0 Å². The lowest BCUT2D eigenvalue weighted by Gasteiger charge is -2.19. The Bertz CT molecular complexity index is 987. The molecule has 2 heterocycles. The maximum atomic E-state index is 13.2. The van der Waals surface area contributed by atoms with Gasteiger partial charge in [0.2, 0.25) is 0 Å². The highest BCUT2D eigenvalue weighted by molar-refractivity contribution is 6.03. The van der Waals surface area contributed by atoms with Crippen molar-refractivity contribution >= 4 is 17.4 Å². The highest BCUT2D eigenvalue weighted by Gasteiger charge is 2.44. The molecule has 8 nitrogen and oxygen atoms in total. The number of fused-ring (bicyclic) bond motifs is 2. The van der Waals surface area contributed by atoms with Gasteiger partial charge in [-0.15, -0.1) is 8.78 Å². The van der Waals surface area contributed by atoms with Crippen LogP contribution in [0, 0.1) is 0 Å². The molecular weight excluding hydrogens is 388 g/mol. The summed E-state index contributed by atoms with van der Waals surface area (Å²) in [5.74, 6) is 1.02. The number of ether oxygens (including phenoxy) is 4. The van der Waals surface area contributed by atoms with Crippen LogP contribution >= 0.6 is 0 Å². The lowest BCUT2D eigenvalue weighted by atomic mass is 10.1. The summed E-state index contributed by atoms with van der Waals surface area (Å²) in [5, 5.41) is 5.76. The van der Waals surface area contributed by atoms with E-state index in [1.165, 1.54) is 26.4 Å². The van der Waals surface area contributed by atoms with Crippen LogP contribution in [0.15, 0.2) is 35.3 Å². The third-order valence-electron chi connectivity index (χ3n) is 4.38. The topological polar surface area (TPSA) is 90.4 Å². The van der Waals surface area contributed by atoms with Gasteiger partial charge in [0.25, 0.3) is 5.91 Å². The second kappa shape index (κ2) is 7.12. The monoisotopic (exact) mass is 405 g/mol. The number of carbonyl (C=O) groups excluding carboxylic acids is 1. The van der Waals surface area contributed by atoms with E-state index in [1.807, 2.05) is 0 Å². The number of benzene rings is 2. The average Bonchev–Trinajstić information content (AvgIpc) is 3.01. The Hall–Kier alpha value is -3.56. The summed E-state index contributed by atoms with van der Waals surface area (Å²) in [6, 6.07) is 7.72. The molecule has 0 unspecified atom stereocenters. The summed E-state index contributed by atoms with van der Waals surface area (Å²) in [6.45, 7) is 0.366. The Balaban J connectivity index is 1.43. The minimum atomic E-state index is -3.68. The Morgan fingerprint density at radius 3 is 2.45 bits per heavy atom. The van der Waals surface area contributed by atoms with E-state index < -0.39 is 6.29 Å². The Morgan fingerprint density at radius 1 is 1.14 bits per heavy atom. The fourth-order valence-electron chi connectivity index (χ4n) is 2.97. The molecule has 2 N–H and O–H groups in total. The van der Waals surface area contributed by atoms with E-state index in [0.717, 1.165) is 0 Å². The maximum absolute atomic E-state index is 13.2. The smallest absolute Gasteiger partial charge is 0.497 e. The van der Waals surface area contributed by atoms with Crippen molar-refractivity contribution < 1.29 is 32.5 Å². The number of amides is 1. The van der Waals surface area contributed by atoms with Gasteiger partial charge in [-0.1, -0.05) is 0 Å². The highest BCUT2D eigenvalue weighted by atomic mass is 19.3. The Morgan fingerprint density at radius 2 is 1.79 bits per heavy atom. The fourth-order valence-corrected chi connectivity index (χ4v) is 2.97. The zero-order valence-corrected chi connectivity index (χ0v) is 15.5. The molecule has 2 aliphatic heterocycles. The fraction of sp³-hybridized carbons (Fsp3) is 0.263. The molecule has 10 heteroatoms. The normalized spacial score (nSPS) is 15.7. The second-order valence-electron chi connectivity index (χ2n) is 6.30. The number of hydrogen-bond acceptors (Lipinski definition) is 7. The molecule has 2 aromatic carbocycles. The molecule has 29 heavy (non-hydrogen) atoms. The molecule has 0 saturated carbocycles. The van der Waals surface area contributed by atoms with Crippen LogP contribution in [0.2, 0.25) is 0 Å². The predicted octanol–water partition coefficient (Wildman–Crippen LogP) is 2.78. The van der Waals surface area contributed by atoms with Crippen molar-refractivity contribution in [1.82, 2.24) is 5.32 Å². The Kier molecular flexibility index (Phi) is 4.61. The first kappa shape index (κ1) is 18.8. The maximum Gasteiger partial charge on any atom is 0.586 e. The van der Waals surface area contributed by atoms with Crippen molar-refractivity contribution in [3.63, 3.8) is 0 Å². The molecule has 0 saturated heterocycles. The number of aliphatic imine (C=N–C) groups is 1. The van der Waals surface area contributed by atoms with Gasteiger partial charge in [0.15, 0.2) is 11.5 Å². The SMILES string of the molecule is COc1cc(OC)cc(C(=O)NCC2=NCc3cc4c(cc3N2)OC(F)(F)O4)c1. The lowest BCUT2D eigenvalue weighted by Crippen LogP contribution is -2.34. The number of methoxy groups -OCH3 is 2. The van der Waals surface area contributed by atoms with Gasteiger partial charge in [-0.05, 0) is 18.2 Å². The minimum absolute atomic E-state index is 0.0329. The van der Waals surface area contributed by atoms with Gasteiger partial charge in [-0.25, -0.2) is 0 Å². The number of rotatable bonds is 5. The standard InChI is InChI=1S/C19H17F2N3O5/c1-26-12-3-10(4-13(6-12)27-2)18(25)23-9-17-22-8-11-5-15-16(7-14(11)24-17)29-19(20,21)28-15/h3-7H,8-9H2,1-2H3,(H,22,24)(H,23,25). The lowest BCUT2D eigenvalue weighted by molar-refractivity contribution is -0.286. The molecule has 0 radical (unpaired) electrons. The number of nitrogens with zero attached hydrogens (tertiary/aromatic N) is 1. The first-order chi connectivity index (χ1) is 13.9. The van der Waals surface area contributed by atoms with E-state index in [4.69, 9.17) is 9.47 Å². The number of carbonyl (C=O) groups is 1. The average molecular weight is 405 g/mol. The van der Waals surface area contributed by atoms with Crippen LogP contribution in [-0.2, 0) is 6.54 Å². The molecule has 0 fully saturated rings. The van der Waals surface area contributed by atoms with Crippen molar-refractivity contribution in [3.8, 4) is 23.0 Å². The summed E-state index contributed by atoms with van der Waals surface area (Å²) in [4.78, 5) is 16.8. The molecule has 2 aromatic rings. The number of halogens is 2. The van der Waals surface area contributed by atoms with E-state index in [0.29, 0.717) is 34.1 Å². The van der Waals surface area contributed by atoms with Crippen LogP contribution in [0.5, 0.6) is 23.0 Å². The number of hydrogen-bond donors (Lipinski definition) is 2. The molecule has 0 aromatic heterocycles. The summed E-state index contributed by atoms with van der Waals surface area (Å²) >= 11 is 0. The van der Waals surface area contributed by atoms with Gasteiger partial charge in [0.05, 0.1) is 27.3 Å². The summed E-state index contributed by atoms with van der Waals surface area (Å²) < 4.78 is 45.7. The second-order valence-corrected chi connectivity index (χ2v) is 6.30. The van der Waals surface area contributed by atoms with Crippen LogP contribution in [0.25, 0.3) is 0 Å². The van der Waals surface area contributed by atoms with Crippen LogP contribution in [-0.4, -0.2) is 38.8 Å². The molecule has 4 rings (SSSR count). The summed E-state index contributed by atoms with van der Waals surface area (Å²) in [5.41, 5.74) is 1.61. The van der Waals surface area contributed by atoms with Gasteiger partial charge in [-0.3, -0.25) is 9.79 Å². The number of amidine groups is 1. The van der Waals surface area contributed by atoms with E-state index in [-0.39, 0.29) is 30.5 Å². The first-order valence-electron chi connectivity index (χ1n) is 8.61. The number of nitrogens with one attached hydrogen (secondary N) is 2. The molecular formula is C19H17F2N3O5. The van der Waals surface area contributed by atoms with E-state index in [1.54, 1.807) is 18.2 Å². The van der Waals surface area contributed by atoms with Crippen LogP contribution < -0.4 is 29.6 Å². The predicted molar refractivity (Wildman–Crippen MR) is 99.3 cm³/mol. The molecule has 0 spiro atoms. The third kappa shape index (κ3) is 3.86. The quantitative estimate of drug-likeness (QED) is 0.795. The van der Waals surface area contributed by atoms with Crippen molar-refractivity contribution in [1.29, 1.82) is 0 Å². The van der Waals surface area contributed by atoms with E-state index in [2.05, 4.69) is 25.1 Å². The van der Waals surface area contributed by atoms with Gasteiger partial charge >= 0.3 is 6.29 Å². The summed E-state index contributed by atoms with van der Waals surface area (Å²) in [6.07, 6.45) is -3.68. The zero-order valence-electron chi connectivity index (χ0n) is 15.5. The van der Waals surface area contributed by atoms with E-state index in [9.17, 15) is 13.6 Å². The van der Waals surface area contributed by atoms with Crippen LogP contribution in [0.1, 0.15) is 15.9 Å².